The second-order valence-electron chi connectivity index (χ2n) is 5.99. The lowest BCUT2D eigenvalue weighted by Gasteiger charge is -2.37. The van der Waals surface area contributed by atoms with Gasteiger partial charge in [0, 0.05) is 31.7 Å². The van der Waals surface area contributed by atoms with Gasteiger partial charge in [-0.05, 0) is 27.7 Å². The summed E-state index contributed by atoms with van der Waals surface area (Å²) in [6.07, 6.45) is 0. The van der Waals surface area contributed by atoms with Crippen molar-refractivity contribution in [2.24, 2.45) is 10.9 Å². The van der Waals surface area contributed by atoms with Crippen LogP contribution in [0.3, 0.4) is 0 Å². The lowest BCUT2D eigenvalue weighted by Crippen LogP contribution is -2.57. The Kier molecular flexibility index (Phi) is 5.36. The van der Waals surface area contributed by atoms with Gasteiger partial charge in [0.05, 0.1) is 6.04 Å². The molecule has 0 radical (unpaired) electrons. The van der Waals surface area contributed by atoms with E-state index in [0.29, 0.717) is 26.2 Å². The molecule has 0 amide bonds. The molecule has 0 aromatic carbocycles. The molecule has 0 aromatic heterocycles. The van der Waals surface area contributed by atoms with Crippen LogP contribution in [-0.2, 0) is 10.2 Å². The number of hydrogen-bond donors (Lipinski definition) is 3. The number of hydrogen-bond acceptors (Lipinski definition) is 5. The Labute approximate surface area is 120 Å². The SMILES string of the molecule is CC(C(N)=NO)N1CCN(S(=O)(=O)NC(C)(C)C)CC1. The minimum absolute atomic E-state index is 0.133. The number of nitrogens with zero attached hydrogens (tertiary/aromatic N) is 3. The Hall–Kier alpha value is -0.900. The minimum Gasteiger partial charge on any atom is -0.409 e. The molecule has 1 unspecified atom stereocenters. The van der Waals surface area contributed by atoms with Crippen LogP contribution < -0.4 is 10.5 Å². The summed E-state index contributed by atoms with van der Waals surface area (Å²) in [5.41, 5.74) is 5.06. The van der Waals surface area contributed by atoms with Crippen LogP contribution >= 0.6 is 0 Å². The van der Waals surface area contributed by atoms with Crippen LogP contribution in [0.25, 0.3) is 0 Å². The average molecular weight is 307 g/mol. The average Bonchev–Trinajstić information content (AvgIpc) is 2.34. The van der Waals surface area contributed by atoms with E-state index in [9.17, 15) is 8.42 Å². The molecule has 8 nitrogen and oxygen atoms in total. The first-order chi connectivity index (χ1) is 9.07. The van der Waals surface area contributed by atoms with Crippen molar-refractivity contribution in [2.75, 3.05) is 26.2 Å². The molecule has 20 heavy (non-hydrogen) atoms. The zero-order valence-corrected chi connectivity index (χ0v) is 13.3. The van der Waals surface area contributed by atoms with Crippen LogP contribution in [0.5, 0.6) is 0 Å². The van der Waals surface area contributed by atoms with Crippen LogP contribution in [0.2, 0.25) is 0 Å². The summed E-state index contributed by atoms with van der Waals surface area (Å²) in [5, 5.41) is 11.7. The molecule has 4 N–H and O–H groups in total. The zero-order valence-electron chi connectivity index (χ0n) is 12.5. The molecule has 0 spiro atoms. The van der Waals surface area contributed by atoms with Gasteiger partial charge in [-0.25, -0.2) is 0 Å². The molecule has 0 aromatic rings. The predicted molar refractivity (Wildman–Crippen MR) is 77.8 cm³/mol. The Morgan fingerprint density at radius 2 is 1.80 bits per heavy atom. The fourth-order valence-corrected chi connectivity index (χ4v) is 3.60. The van der Waals surface area contributed by atoms with Crippen molar-refractivity contribution in [1.82, 2.24) is 13.9 Å². The van der Waals surface area contributed by atoms with Crippen LogP contribution in [0.1, 0.15) is 27.7 Å². The molecule has 1 aliphatic heterocycles. The van der Waals surface area contributed by atoms with Crippen LogP contribution in [0, 0.1) is 0 Å². The Morgan fingerprint density at radius 1 is 1.30 bits per heavy atom. The lowest BCUT2D eigenvalue weighted by atomic mass is 10.1. The van der Waals surface area contributed by atoms with E-state index in [-0.39, 0.29) is 11.9 Å². The maximum Gasteiger partial charge on any atom is 0.280 e. The first-order valence-corrected chi connectivity index (χ1v) is 8.01. The highest BCUT2D eigenvalue weighted by atomic mass is 32.2. The largest absolute Gasteiger partial charge is 0.409 e. The molecule has 1 fully saturated rings. The second kappa shape index (κ2) is 6.25. The number of rotatable bonds is 4. The van der Waals surface area contributed by atoms with Gasteiger partial charge in [-0.2, -0.15) is 17.4 Å². The van der Waals surface area contributed by atoms with E-state index in [1.54, 1.807) is 20.8 Å². The molecular formula is C11H25N5O3S. The van der Waals surface area contributed by atoms with Gasteiger partial charge in [0.25, 0.3) is 10.2 Å². The third-order valence-electron chi connectivity index (χ3n) is 3.14. The van der Waals surface area contributed by atoms with Crippen molar-refractivity contribution >= 4 is 16.0 Å². The van der Waals surface area contributed by atoms with E-state index in [1.807, 2.05) is 11.8 Å². The van der Waals surface area contributed by atoms with Crippen molar-refractivity contribution in [3.05, 3.63) is 0 Å². The molecule has 1 saturated heterocycles. The highest BCUT2D eigenvalue weighted by Gasteiger charge is 2.31. The molecular weight excluding hydrogens is 282 g/mol. The topological polar surface area (TPSA) is 111 Å². The smallest absolute Gasteiger partial charge is 0.280 e. The van der Waals surface area contributed by atoms with Crippen molar-refractivity contribution in [2.45, 2.75) is 39.3 Å². The van der Waals surface area contributed by atoms with E-state index < -0.39 is 15.7 Å². The molecule has 1 rings (SSSR count). The molecule has 118 valence electrons. The minimum atomic E-state index is -3.47. The third-order valence-corrected chi connectivity index (χ3v) is 5.05. The molecule has 1 atom stereocenters. The van der Waals surface area contributed by atoms with E-state index in [1.165, 1.54) is 4.31 Å². The van der Waals surface area contributed by atoms with Gasteiger partial charge in [0.15, 0.2) is 5.84 Å². The van der Waals surface area contributed by atoms with E-state index in [2.05, 4.69) is 9.88 Å². The van der Waals surface area contributed by atoms with Gasteiger partial charge < -0.3 is 10.9 Å². The number of amidine groups is 1. The van der Waals surface area contributed by atoms with Crippen molar-refractivity contribution in [3.63, 3.8) is 0 Å². The summed E-state index contributed by atoms with van der Waals surface area (Å²) in [6, 6.07) is -0.208. The number of piperazine rings is 1. The molecule has 1 aliphatic rings. The van der Waals surface area contributed by atoms with Crippen molar-refractivity contribution < 1.29 is 13.6 Å². The summed E-state index contributed by atoms with van der Waals surface area (Å²) in [5.74, 6) is 0.133. The maximum atomic E-state index is 12.2. The van der Waals surface area contributed by atoms with E-state index in [0.717, 1.165) is 0 Å². The molecule has 1 heterocycles. The summed E-state index contributed by atoms with van der Waals surface area (Å²) in [7, 11) is -3.47. The standard InChI is InChI=1S/C11H25N5O3S/c1-9(10(12)13-17)15-5-7-16(8-6-15)20(18,19)14-11(2,3)4/h9,14,17H,5-8H2,1-4H3,(H2,12,13). The van der Waals surface area contributed by atoms with Crippen molar-refractivity contribution in [3.8, 4) is 0 Å². The molecule has 9 heteroatoms. The number of nitrogens with two attached hydrogens (primary N) is 1. The van der Waals surface area contributed by atoms with Crippen LogP contribution in [0.4, 0.5) is 0 Å². The maximum absolute atomic E-state index is 12.2. The highest BCUT2D eigenvalue weighted by Crippen LogP contribution is 2.12. The summed E-state index contributed by atoms with van der Waals surface area (Å²) in [6.45, 7) is 9.10. The van der Waals surface area contributed by atoms with E-state index >= 15 is 0 Å². The first-order valence-electron chi connectivity index (χ1n) is 6.57. The fraction of sp³-hybridized carbons (Fsp3) is 0.909. The Bertz CT molecular complexity index is 449. The number of nitrogens with one attached hydrogen (secondary N) is 1. The molecule has 0 aliphatic carbocycles. The highest BCUT2D eigenvalue weighted by molar-refractivity contribution is 7.87. The van der Waals surface area contributed by atoms with Crippen molar-refractivity contribution in [1.29, 1.82) is 0 Å². The Balaban J connectivity index is 2.63. The summed E-state index contributed by atoms with van der Waals surface area (Å²) < 4.78 is 28.4. The summed E-state index contributed by atoms with van der Waals surface area (Å²) >= 11 is 0. The quantitative estimate of drug-likeness (QED) is 0.277. The van der Waals surface area contributed by atoms with Crippen LogP contribution in [-0.4, -0.2) is 66.4 Å². The van der Waals surface area contributed by atoms with Gasteiger partial charge in [-0.15, -0.1) is 0 Å². The van der Waals surface area contributed by atoms with Gasteiger partial charge in [-0.1, -0.05) is 5.16 Å². The molecule has 0 bridgehead atoms. The van der Waals surface area contributed by atoms with Crippen LogP contribution in [0.15, 0.2) is 5.16 Å². The zero-order chi connectivity index (χ0) is 15.6. The summed E-state index contributed by atoms with van der Waals surface area (Å²) in [4.78, 5) is 1.98. The fourth-order valence-electron chi connectivity index (χ4n) is 2.05. The monoisotopic (exact) mass is 307 g/mol. The van der Waals surface area contributed by atoms with Gasteiger partial charge in [0.1, 0.15) is 0 Å². The van der Waals surface area contributed by atoms with Gasteiger partial charge in [-0.3, -0.25) is 4.90 Å². The molecule has 0 saturated carbocycles. The number of oxime groups is 1. The second-order valence-corrected chi connectivity index (χ2v) is 7.66. The first kappa shape index (κ1) is 17.2. The third kappa shape index (κ3) is 4.58. The lowest BCUT2D eigenvalue weighted by molar-refractivity contribution is 0.169. The van der Waals surface area contributed by atoms with E-state index in [4.69, 9.17) is 10.9 Å². The van der Waals surface area contributed by atoms with Gasteiger partial charge >= 0.3 is 0 Å². The predicted octanol–water partition coefficient (Wildman–Crippen LogP) is -0.628. The Morgan fingerprint density at radius 3 is 2.20 bits per heavy atom. The normalized spacial score (nSPS) is 21.9. The van der Waals surface area contributed by atoms with Gasteiger partial charge in [0.2, 0.25) is 0 Å².